The summed E-state index contributed by atoms with van der Waals surface area (Å²) in [4.78, 5) is 2.36. The minimum absolute atomic E-state index is 0.173. The molecule has 0 spiro atoms. The lowest BCUT2D eigenvalue weighted by molar-refractivity contribution is 0.0902. The number of hydrogen-bond donors (Lipinski definition) is 0. The topological polar surface area (TPSA) is 36.3 Å². The van der Waals surface area contributed by atoms with E-state index < -0.39 is 0 Å². The summed E-state index contributed by atoms with van der Waals surface area (Å²) in [7, 11) is 2.16. The molecule has 3 heteroatoms. The summed E-state index contributed by atoms with van der Waals surface area (Å²) in [5.74, 6) is 1.21. The van der Waals surface area contributed by atoms with E-state index in [2.05, 4.69) is 42.3 Å². The number of piperidine rings is 1. The number of nitriles is 1. The van der Waals surface area contributed by atoms with Crippen molar-refractivity contribution in [2.45, 2.75) is 18.4 Å². The van der Waals surface area contributed by atoms with Gasteiger partial charge in [0.2, 0.25) is 0 Å². The maximum absolute atomic E-state index is 8.87. The Kier molecular flexibility index (Phi) is 4.41. The van der Waals surface area contributed by atoms with E-state index in [0.717, 1.165) is 25.3 Å². The van der Waals surface area contributed by atoms with Crippen molar-refractivity contribution in [1.82, 2.24) is 4.90 Å². The fraction of sp³-hybridized carbons (Fsp3) is 0.316. The zero-order valence-electron chi connectivity index (χ0n) is 12.8. The average Bonchev–Trinajstić information content (AvgIpc) is 2.58. The van der Waals surface area contributed by atoms with Gasteiger partial charge >= 0.3 is 0 Å². The number of benzene rings is 2. The van der Waals surface area contributed by atoms with Crippen molar-refractivity contribution < 1.29 is 4.74 Å². The van der Waals surface area contributed by atoms with Crippen molar-refractivity contribution in [2.24, 2.45) is 0 Å². The normalized spacial score (nSPS) is 22.0. The van der Waals surface area contributed by atoms with E-state index in [1.54, 1.807) is 0 Å². The van der Waals surface area contributed by atoms with Crippen molar-refractivity contribution in [1.29, 1.82) is 5.26 Å². The molecule has 1 saturated heterocycles. The van der Waals surface area contributed by atoms with Crippen LogP contribution in [0.1, 0.15) is 23.5 Å². The molecule has 0 aliphatic carbocycles. The Balaban J connectivity index is 1.79. The Hall–Kier alpha value is -2.31. The Bertz CT molecular complexity index is 645. The second-order valence-corrected chi connectivity index (χ2v) is 5.86. The summed E-state index contributed by atoms with van der Waals surface area (Å²) in [6.07, 6.45) is 1.18. The molecule has 2 aromatic carbocycles. The third-order valence-electron chi connectivity index (χ3n) is 4.25. The molecule has 3 rings (SSSR count). The van der Waals surface area contributed by atoms with Gasteiger partial charge in [-0.25, -0.2) is 0 Å². The van der Waals surface area contributed by atoms with Gasteiger partial charge in [-0.15, -0.1) is 0 Å². The largest absolute Gasteiger partial charge is 0.490 e. The summed E-state index contributed by atoms with van der Waals surface area (Å²) in [6, 6.07) is 20.1. The van der Waals surface area contributed by atoms with Crippen LogP contribution in [0.4, 0.5) is 0 Å². The van der Waals surface area contributed by atoms with Gasteiger partial charge in [-0.2, -0.15) is 5.26 Å². The summed E-state index contributed by atoms with van der Waals surface area (Å²) < 4.78 is 6.23. The highest BCUT2D eigenvalue weighted by atomic mass is 16.5. The van der Waals surface area contributed by atoms with Gasteiger partial charge in [0.05, 0.1) is 11.6 Å². The molecule has 0 N–H and O–H groups in total. The minimum atomic E-state index is 0.173. The summed E-state index contributed by atoms with van der Waals surface area (Å²) in [6.45, 7) is 2.05. The monoisotopic (exact) mass is 292 g/mol. The molecule has 1 aliphatic heterocycles. The molecule has 0 radical (unpaired) electrons. The van der Waals surface area contributed by atoms with Crippen LogP contribution in [0.5, 0.6) is 5.75 Å². The number of ether oxygens (including phenoxy) is 1. The first kappa shape index (κ1) is 14.6. The van der Waals surface area contributed by atoms with Crippen LogP contribution in [0.15, 0.2) is 54.6 Å². The molecule has 22 heavy (non-hydrogen) atoms. The summed E-state index contributed by atoms with van der Waals surface area (Å²) in [5.41, 5.74) is 1.99. The van der Waals surface area contributed by atoms with Crippen LogP contribution in [-0.4, -0.2) is 31.1 Å². The molecule has 2 atom stereocenters. The molecule has 112 valence electrons. The molecule has 1 heterocycles. The van der Waals surface area contributed by atoms with E-state index in [9.17, 15) is 0 Å². The Morgan fingerprint density at radius 1 is 1.09 bits per heavy atom. The lowest BCUT2D eigenvalue weighted by Crippen LogP contribution is -2.42. The van der Waals surface area contributed by atoms with Crippen molar-refractivity contribution in [3.05, 3.63) is 65.7 Å². The van der Waals surface area contributed by atoms with Gasteiger partial charge < -0.3 is 9.64 Å². The highest BCUT2D eigenvalue weighted by molar-refractivity contribution is 5.35. The fourth-order valence-corrected chi connectivity index (χ4v) is 3.04. The number of likely N-dealkylation sites (N-methyl/N-ethyl adjacent to an activating group) is 1. The molecule has 3 nitrogen and oxygen atoms in total. The molecule has 2 aromatic rings. The fourth-order valence-electron chi connectivity index (χ4n) is 3.04. The van der Waals surface area contributed by atoms with Crippen molar-refractivity contribution >= 4 is 0 Å². The predicted molar refractivity (Wildman–Crippen MR) is 86.9 cm³/mol. The van der Waals surface area contributed by atoms with E-state index in [1.807, 2.05) is 30.3 Å². The molecule has 0 unspecified atom stereocenters. The number of likely N-dealkylation sites (tertiary alicyclic amines) is 1. The van der Waals surface area contributed by atoms with E-state index >= 15 is 0 Å². The first-order valence-electron chi connectivity index (χ1n) is 7.66. The Labute approximate surface area is 131 Å². The maximum Gasteiger partial charge on any atom is 0.119 e. The van der Waals surface area contributed by atoms with Crippen molar-refractivity contribution in [2.75, 3.05) is 20.1 Å². The van der Waals surface area contributed by atoms with Gasteiger partial charge in [0.15, 0.2) is 0 Å². The van der Waals surface area contributed by atoms with E-state index in [-0.39, 0.29) is 6.10 Å². The highest BCUT2D eigenvalue weighted by Gasteiger charge is 2.30. The molecule has 0 saturated carbocycles. The van der Waals surface area contributed by atoms with Crippen LogP contribution in [0.2, 0.25) is 0 Å². The van der Waals surface area contributed by atoms with Crippen LogP contribution in [0.3, 0.4) is 0 Å². The molecule has 0 aromatic heterocycles. The van der Waals surface area contributed by atoms with Gasteiger partial charge in [0, 0.05) is 19.0 Å². The standard InChI is InChI=1S/C19H20N2O/c1-21-12-11-19(18(14-21)16-5-3-2-4-6-16)22-17-9-7-15(13-20)8-10-17/h2-10,18-19H,11-12,14H2,1H3/t18-,19+/m1/s1. The van der Waals surface area contributed by atoms with Gasteiger partial charge in [-0.1, -0.05) is 30.3 Å². The number of rotatable bonds is 3. The zero-order valence-corrected chi connectivity index (χ0v) is 12.8. The number of nitrogens with zero attached hydrogens (tertiary/aromatic N) is 2. The quantitative estimate of drug-likeness (QED) is 0.869. The van der Waals surface area contributed by atoms with Crippen LogP contribution < -0.4 is 4.74 Å². The summed E-state index contributed by atoms with van der Waals surface area (Å²) in [5, 5.41) is 8.87. The third-order valence-corrected chi connectivity index (χ3v) is 4.25. The number of hydrogen-bond acceptors (Lipinski definition) is 3. The second kappa shape index (κ2) is 6.64. The zero-order chi connectivity index (χ0) is 15.4. The molecule has 0 bridgehead atoms. The first-order chi connectivity index (χ1) is 10.8. The summed E-state index contributed by atoms with van der Waals surface area (Å²) >= 11 is 0. The lowest BCUT2D eigenvalue weighted by atomic mass is 9.88. The Morgan fingerprint density at radius 3 is 2.50 bits per heavy atom. The first-order valence-corrected chi connectivity index (χ1v) is 7.66. The average molecular weight is 292 g/mol. The van der Waals surface area contributed by atoms with Crippen LogP contribution in [0.25, 0.3) is 0 Å². The van der Waals surface area contributed by atoms with Crippen LogP contribution in [-0.2, 0) is 0 Å². The smallest absolute Gasteiger partial charge is 0.119 e. The second-order valence-electron chi connectivity index (χ2n) is 5.86. The van der Waals surface area contributed by atoms with Gasteiger partial charge in [-0.05, 0) is 43.3 Å². The lowest BCUT2D eigenvalue weighted by Gasteiger charge is -2.37. The molecule has 1 aliphatic rings. The van der Waals surface area contributed by atoms with Crippen LogP contribution in [0, 0.1) is 11.3 Å². The predicted octanol–water partition coefficient (Wildman–Crippen LogP) is 3.42. The van der Waals surface area contributed by atoms with Crippen molar-refractivity contribution in [3.8, 4) is 11.8 Å². The highest BCUT2D eigenvalue weighted by Crippen LogP contribution is 2.30. The van der Waals surface area contributed by atoms with Gasteiger partial charge in [-0.3, -0.25) is 0 Å². The maximum atomic E-state index is 8.87. The van der Waals surface area contributed by atoms with E-state index in [0.29, 0.717) is 11.5 Å². The van der Waals surface area contributed by atoms with Crippen LogP contribution >= 0.6 is 0 Å². The molecular formula is C19H20N2O. The Morgan fingerprint density at radius 2 is 1.82 bits per heavy atom. The SMILES string of the molecule is CN1CC[C@H](Oc2ccc(C#N)cc2)[C@@H](c2ccccc2)C1. The third kappa shape index (κ3) is 3.29. The molecular weight excluding hydrogens is 272 g/mol. The van der Waals surface area contributed by atoms with Crippen molar-refractivity contribution in [3.63, 3.8) is 0 Å². The molecule has 1 fully saturated rings. The molecule has 0 amide bonds. The van der Waals surface area contributed by atoms with Gasteiger partial charge in [0.25, 0.3) is 0 Å². The van der Waals surface area contributed by atoms with Gasteiger partial charge in [0.1, 0.15) is 11.9 Å². The van der Waals surface area contributed by atoms with E-state index in [4.69, 9.17) is 10.00 Å². The van der Waals surface area contributed by atoms with E-state index in [1.165, 1.54) is 5.56 Å². The minimum Gasteiger partial charge on any atom is -0.490 e.